The molecule has 6 heteroatoms. The Kier molecular flexibility index (Phi) is 6.03. The summed E-state index contributed by atoms with van der Waals surface area (Å²) in [5, 5.41) is 0. The van der Waals surface area contributed by atoms with Crippen molar-refractivity contribution in [2.75, 3.05) is 18.1 Å². The number of sulfone groups is 1. The van der Waals surface area contributed by atoms with Crippen LogP contribution >= 0.6 is 15.9 Å². The summed E-state index contributed by atoms with van der Waals surface area (Å²) in [6.45, 7) is 4.58. The van der Waals surface area contributed by atoms with Gasteiger partial charge in [0.05, 0.1) is 11.5 Å². The van der Waals surface area contributed by atoms with Crippen LogP contribution in [0.5, 0.6) is 0 Å². The molecule has 4 nitrogen and oxygen atoms in total. The highest BCUT2D eigenvalue weighted by Gasteiger charge is 2.33. The van der Waals surface area contributed by atoms with E-state index in [0.717, 1.165) is 22.0 Å². The van der Waals surface area contributed by atoms with E-state index in [0.29, 0.717) is 13.0 Å². The Morgan fingerprint density at radius 1 is 1.43 bits per heavy atom. The quantitative estimate of drug-likeness (QED) is 0.714. The summed E-state index contributed by atoms with van der Waals surface area (Å²) < 4.78 is 24.3. The van der Waals surface area contributed by atoms with Crippen LogP contribution in [-0.4, -0.2) is 43.3 Å². The average molecular weight is 400 g/mol. The lowest BCUT2D eigenvalue weighted by molar-refractivity contribution is -0.127. The van der Waals surface area contributed by atoms with E-state index in [9.17, 15) is 13.2 Å². The third kappa shape index (κ3) is 4.91. The van der Waals surface area contributed by atoms with E-state index in [-0.39, 0.29) is 23.5 Å². The van der Waals surface area contributed by atoms with Crippen molar-refractivity contribution < 1.29 is 13.2 Å². The molecule has 0 aromatic heterocycles. The maximum Gasteiger partial charge on any atom is 0.246 e. The molecule has 1 heterocycles. The minimum Gasteiger partial charge on any atom is -0.335 e. The van der Waals surface area contributed by atoms with Crippen molar-refractivity contribution in [3.8, 4) is 0 Å². The van der Waals surface area contributed by atoms with E-state index in [4.69, 9.17) is 0 Å². The molecule has 1 aromatic carbocycles. The molecule has 1 fully saturated rings. The second-order valence-electron chi connectivity index (χ2n) is 5.95. The second kappa shape index (κ2) is 7.62. The molecule has 1 aliphatic rings. The van der Waals surface area contributed by atoms with Crippen LogP contribution in [0.25, 0.3) is 6.08 Å². The van der Waals surface area contributed by atoms with Gasteiger partial charge in [-0.2, -0.15) is 0 Å². The number of nitrogens with zero attached hydrogens (tertiary/aromatic N) is 1. The number of rotatable bonds is 5. The van der Waals surface area contributed by atoms with Gasteiger partial charge in [-0.3, -0.25) is 4.79 Å². The molecule has 0 aliphatic carbocycles. The molecule has 0 N–H and O–H groups in total. The molecule has 1 amide bonds. The molecule has 1 saturated heterocycles. The van der Waals surface area contributed by atoms with Crippen LogP contribution in [0.15, 0.2) is 28.7 Å². The maximum absolute atomic E-state index is 12.5. The summed E-state index contributed by atoms with van der Waals surface area (Å²) in [6, 6.07) is 5.74. The summed E-state index contributed by atoms with van der Waals surface area (Å²) in [5.41, 5.74) is 2.07. The molecule has 0 spiro atoms. The summed E-state index contributed by atoms with van der Waals surface area (Å²) in [7, 11) is -3.00. The number of halogens is 1. The summed E-state index contributed by atoms with van der Waals surface area (Å²) in [5.74, 6) is 0.139. The van der Waals surface area contributed by atoms with Crippen molar-refractivity contribution in [2.24, 2.45) is 0 Å². The molecule has 1 aliphatic heterocycles. The fourth-order valence-corrected chi connectivity index (χ4v) is 5.12. The van der Waals surface area contributed by atoms with Crippen LogP contribution < -0.4 is 0 Å². The first-order valence-corrected chi connectivity index (χ1v) is 10.4. The lowest BCUT2D eigenvalue weighted by Crippen LogP contribution is -2.40. The molecule has 0 saturated carbocycles. The van der Waals surface area contributed by atoms with Gasteiger partial charge in [-0.1, -0.05) is 35.0 Å². The van der Waals surface area contributed by atoms with Crippen molar-refractivity contribution in [1.82, 2.24) is 4.90 Å². The Hall–Kier alpha value is -1.14. The lowest BCUT2D eigenvalue weighted by Gasteiger charge is -2.26. The first kappa shape index (κ1) is 18.2. The smallest absolute Gasteiger partial charge is 0.246 e. The van der Waals surface area contributed by atoms with Gasteiger partial charge >= 0.3 is 0 Å². The molecule has 1 unspecified atom stereocenters. The van der Waals surface area contributed by atoms with Gasteiger partial charge in [-0.25, -0.2) is 8.42 Å². The normalized spacial score (nSPS) is 20.0. The van der Waals surface area contributed by atoms with Crippen LogP contribution in [0.2, 0.25) is 0 Å². The van der Waals surface area contributed by atoms with Crippen LogP contribution in [-0.2, 0) is 14.6 Å². The van der Waals surface area contributed by atoms with Gasteiger partial charge in [0.25, 0.3) is 0 Å². The Labute approximate surface area is 146 Å². The van der Waals surface area contributed by atoms with E-state index < -0.39 is 9.84 Å². The molecular formula is C17H22BrNO3S. The van der Waals surface area contributed by atoms with Crippen molar-refractivity contribution in [1.29, 1.82) is 0 Å². The van der Waals surface area contributed by atoms with Gasteiger partial charge in [0.15, 0.2) is 9.84 Å². The van der Waals surface area contributed by atoms with Crippen LogP contribution in [0.4, 0.5) is 0 Å². The largest absolute Gasteiger partial charge is 0.335 e. The first-order valence-electron chi connectivity index (χ1n) is 7.77. The molecule has 0 radical (unpaired) electrons. The van der Waals surface area contributed by atoms with Crippen LogP contribution in [0.1, 0.15) is 30.9 Å². The standard InChI is InChI=1S/C17H22BrNO3S/c1-3-9-19(15-8-10-23(21,22)12-15)17(20)7-6-14-5-4-13(2)11-16(14)18/h4-7,11,15H,3,8-10,12H2,1-2H3. The van der Waals surface area contributed by atoms with E-state index >= 15 is 0 Å². The molecule has 1 aromatic rings. The minimum atomic E-state index is -3.00. The van der Waals surface area contributed by atoms with E-state index in [1.807, 2.05) is 32.0 Å². The van der Waals surface area contributed by atoms with Gasteiger partial charge in [0, 0.05) is 23.1 Å². The van der Waals surface area contributed by atoms with Gasteiger partial charge in [0.2, 0.25) is 5.91 Å². The Balaban J connectivity index is 2.13. The predicted molar refractivity (Wildman–Crippen MR) is 97.0 cm³/mol. The molecule has 1 atom stereocenters. The van der Waals surface area contributed by atoms with Gasteiger partial charge in [-0.05, 0) is 43.0 Å². The predicted octanol–water partition coefficient (Wildman–Crippen LogP) is 3.20. The number of amides is 1. The Morgan fingerprint density at radius 3 is 2.74 bits per heavy atom. The van der Waals surface area contributed by atoms with Gasteiger partial charge in [-0.15, -0.1) is 0 Å². The Bertz CT molecular complexity index is 713. The molecule has 23 heavy (non-hydrogen) atoms. The van der Waals surface area contributed by atoms with Crippen molar-refractivity contribution >= 4 is 37.8 Å². The number of carbonyl (C=O) groups is 1. The molecule has 2 rings (SSSR count). The first-order chi connectivity index (χ1) is 10.8. The molecule has 126 valence electrons. The summed E-state index contributed by atoms with van der Waals surface area (Å²) in [6.07, 6.45) is 4.66. The average Bonchev–Trinajstić information content (AvgIpc) is 2.83. The fraction of sp³-hybridized carbons (Fsp3) is 0.471. The zero-order chi connectivity index (χ0) is 17.0. The number of carbonyl (C=O) groups excluding carboxylic acids is 1. The van der Waals surface area contributed by atoms with Gasteiger partial charge < -0.3 is 4.90 Å². The van der Waals surface area contributed by atoms with Crippen molar-refractivity contribution in [3.05, 3.63) is 39.9 Å². The lowest BCUT2D eigenvalue weighted by atomic mass is 10.1. The van der Waals surface area contributed by atoms with Crippen molar-refractivity contribution in [2.45, 2.75) is 32.7 Å². The maximum atomic E-state index is 12.5. The number of hydrogen-bond acceptors (Lipinski definition) is 3. The third-order valence-corrected chi connectivity index (χ3v) is 6.40. The van der Waals surface area contributed by atoms with Crippen LogP contribution in [0, 0.1) is 6.92 Å². The van der Waals surface area contributed by atoms with E-state index in [1.165, 1.54) is 6.08 Å². The number of aryl methyl sites for hydroxylation is 1. The highest BCUT2D eigenvalue weighted by Crippen LogP contribution is 2.21. The third-order valence-electron chi connectivity index (χ3n) is 3.96. The molecular weight excluding hydrogens is 378 g/mol. The molecule has 0 bridgehead atoms. The fourth-order valence-electron chi connectivity index (χ4n) is 2.76. The van der Waals surface area contributed by atoms with E-state index in [1.54, 1.807) is 11.0 Å². The van der Waals surface area contributed by atoms with Crippen LogP contribution in [0.3, 0.4) is 0 Å². The number of benzene rings is 1. The monoisotopic (exact) mass is 399 g/mol. The number of hydrogen-bond donors (Lipinski definition) is 0. The highest BCUT2D eigenvalue weighted by atomic mass is 79.9. The van der Waals surface area contributed by atoms with Gasteiger partial charge in [0.1, 0.15) is 0 Å². The summed E-state index contributed by atoms with van der Waals surface area (Å²) in [4.78, 5) is 14.2. The zero-order valence-corrected chi connectivity index (χ0v) is 15.9. The van der Waals surface area contributed by atoms with Crippen molar-refractivity contribution in [3.63, 3.8) is 0 Å². The van der Waals surface area contributed by atoms with E-state index in [2.05, 4.69) is 15.9 Å². The minimum absolute atomic E-state index is 0.0841. The topological polar surface area (TPSA) is 54.5 Å². The highest BCUT2D eigenvalue weighted by molar-refractivity contribution is 9.10. The zero-order valence-electron chi connectivity index (χ0n) is 13.5. The Morgan fingerprint density at radius 2 is 2.17 bits per heavy atom. The SMILES string of the molecule is CCCN(C(=O)C=Cc1ccc(C)cc1Br)C1CCS(=O)(=O)C1. The second-order valence-corrected chi connectivity index (χ2v) is 9.03. The summed E-state index contributed by atoms with van der Waals surface area (Å²) >= 11 is 3.49.